The molecule has 3 N–H and O–H groups in total. The van der Waals surface area contributed by atoms with E-state index in [0.717, 1.165) is 24.7 Å². The summed E-state index contributed by atoms with van der Waals surface area (Å²) in [5.41, 5.74) is 6.49. The number of rotatable bonds is 10. The molecule has 0 bridgehead atoms. The lowest BCUT2D eigenvalue weighted by Gasteiger charge is -2.12. The third kappa shape index (κ3) is 10.2. The topological polar surface area (TPSA) is 90.7 Å². The molecule has 1 atom stereocenters. The smallest absolute Gasteiger partial charge is 0.236 e. The molecule has 0 aliphatic rings. The van der Waals surface area contributed by atoms with Crippen molar-refractivity contribution in [3.8, 4) is 11.5 Å². The number of hydrogen-bond acceptors (Lipinski definition) is 5. The van der Waals surface area contributed by atoms with E-state index in [9.17, 15) is 9.59 Å². The largest absolute Gasteiger partial charge is 0.493 e. The Morgan fingerprint density at radius 3 is 2.37 bits per heavy atom. The van der Waals surface area contributed by atoms with Crippen molar-refractivity contribution in [2.75, 3.05) is 26.6 Å². The molecule has 0 radical (unpaired) electrons. The average molecular weight is 401 g/mol. The van der Waals surface area contributed by atoms with Gasteiger partial charge >= 0.3 is 0 Å². The second-order valence-corrected chi connectivity index (χ2v) is 7.13. The second kappa shape index (κ2) is 13.4. The Kier molecular flexibility index (Phi) is 12.5. The number of hydrogen-bond donors (Lipinski definition) is 2. The number of alkyl halides is 1. The fourth-order valence-electron chi connectivity index (χ4n) is 1.97. The van der Waals surface area contributed by atoms with E-state index in [1.807, 2.05) is 25.1 Å². The van der Waals surface area contributed by atoms with Crippen LogP contribution in [0, 0.1) is 5.41 Å². The molecule has 27 heavy (non-hydrogen) atoms. The van der Waals surface area contributed by atoms with Crippen molar-refractivity contribution >= 4 is 23.8 Å². The maximum atomic E-state index is 11.7. The van der Waals surface area contributed by atoms with Gasteiger partial charge < -0.3 is 25.3 Å². The Labute approximate surface area is 167 Å². The molecular formula is C20H33ClN2O4. The van der Waals surface area contributed by atoms with Gasteiger partial charge in [-0.15, -0.1) is 11.6 Å². The number of methoxy groups -OCH3 is 2. The van der Waals surface area contributed by atoms with Gasteiger partial charge in [-0.3, -0.25) is 4.79 Å². The van der Waals surface area contributed by atoms with Crippen LogP contribution in [0.1, 0.15) is 39.2 Å². The number of aldehydes is 1. The van der Waals surface area contributed by atoms with Gasteiger partial charge in [0, 0.05) is 17.8 Å². The maximum Gasteiger partial charge on any atom is 0.236 e. The molecule has 0 heterocycles. The standard InChI is InChI=1S/C15H24N2O3.C5H9ClO/c1-4-5-12(16)15(18)17-9-8-11-6-7-13(19-2)14(10-11)20-3;1-5(2,3-6)4-7/h6-7,10,12H,4-5,8-9,16H2,1-3H3,(H,17,18);4H,3H2,1-2H3. The van der Waals surface area contributed by atoms with E-state index < -0.39 is 6.04 Å². The number of ether oxygens (including phenoxy) is 2. The van der Waals surface area contributed by atoms with Crippen LogP contribution in [0.5, 0.6) is 11.5 Å². The molecule has 0 aliphatic heterocycles. The van der Waals surface area contributed by atoms with Crippen molar-refractivity contribution in [2.24, 2.45) is 11.1 Å². The van der Waals surface area contributed by atoms with Crippen molar-refractivity contribution in [3.63, 3.8) is 0 Å². The lowest BCUT2D eigenvalue weighted by Crippen LogP contribution is -2.41. The zero-order valence-electron chi connectivity index (χ0n) is 17.0. The zero-order valence-corrected chi connectivity index (χ0v) is 17.8. The van der Waals surface area contributed by atoms with Crippen molar-refractivity contribution in [1.82, 2.24) is 5.32 Å². The van der Waals surface area contributed by atoms with E-state index in [1.165, 1.54) is 0 Å². The summed E-state index contributed by atoms with van der Waals surface area (Å²) in [6.45, 7) is 6.17. The quantitative estimate of drug-likeness (QED) is 0.465. The Morgan fingerprint density at radius 1 is 1.30 bits per heavy atom. The molecule has 0 aromatic heterocycles. The summed E-state index contributed by atoms with van der Waals surface area (Å²) in [5.74, 6) is 1.70. The summed E-state index contributed by atoms with van der Waals surface area (Å²) in [7, 11) is 3.21. The van der Waals surface area contributed by atoms with Crippen molar-refractivity contribution < 1.29 is 19.1 Å². The van der Waals surface area contributed by atoms with Gasteiger partial charge in [0.1, 0.15) is 6.29 Å². The van der Waals surface area contributed by atoms with Crippen molar-refractivity contribution in [3.05, 3.63) is 23.8 Å². The van der Waals surface area contributed by atoms with E-state index in [0.29, 0.717) is 30.3 Å². The monoisotopic (exact) mass is 400 g/mol. The van der Waals surface area contributed by atoms with Gasteiger partial charge in [0.2, 0.25) is 5.91 Å². The molecule has 1 aromatic carbocycles. The summed E-state index contributed by atoms with van der Waals surface area (Å²) in [4.78, 5) is 21.6. The van der Waals surface area contributed by atoms with Crippen molar-refractivity contribution in [2.45, 2.75) is 46.1 Å². The molecule has 154 valence electrons. The molecule has 7 heteroatoms. The second-order valence-electron chi connectivity index (χ2n) is 6.87. The molecule has 1 unspecified atom stereocenters. The molecule has 0 aliphatic carbocycles. The van der Waals surface area contributed by atoms with Crippen molar-refractivity contribution in [1.29, 1.82) is 0 Å². The molecule has 0 spiro atoms. The average Bonchev–Trinajstić information content (AvgIpc) is 2.68. The Morgan fingerprint density at radius 2 is 1.93 bits per heavy atom. The predicted molar refractivity (Wildman–Crippen MR) is 110 cm³/mol. The first kappa shape index (κ1) is 25.2. The fourth-order valence-corrected chi connectivity index (χ4v) is 2.03. The Hall–Kier alpha value is -1.79. The number of carbonyl (C=O) groups excluding carboxylic acids is 2. The summed E-state index contributed by atoms with van der Waals surface area (Å²) in [6, 6.07) is 5.32. The van der Waals surface area contributed by atoms with Gasteiger partial charge in [-0.05, 0) is 30.5 Å². The highest BCUT2D eigenvalue weighted by atomic mass is 35.5. The molecule has 0 saturated heterocycles. The fraction of sp³-hybridized carbons (Fsp3) is 0.600. The van der Waals surface area contributed by atoms with E-state index in [4.69, 9.17) is 26.8 Å². The Balaban J connectivity index is 0.000000821. The van der Waals surface area contributed by atoms with Crippen LogP contribution in [0.25, 0.3) is 0 Å². The number of benzene rings is 1. The molecule has 1 amide bonds. The lowest BCUT2D eigenvalue weighted by atomic mass is 10.00. The minimum atomic E-state index is -0.412. The zero-order chi connectivity index (χ0) is 20.9. The van der Waals surface area contributed by atoms with Gasteiger partial charge in [0.15, 0.2) is 11.5 Å². The Bertz CT molecular complexity index is 579. The predicted octanol–water partition coefficient (Wildman–Crippen LogP) is 2.94. The molecule has 6 nitrogen and oxygen atoms in total. The van der Waals surface area contributed by atoms with Gasteiger partial charge in [-0.25, -0.2) is 0 Å². The van der Waals surface area contributed by atoms with Crippen LogP contribution < -0.4 is 20.5 Å². The number of nitrogens with one attached hydrogen (secondary N) is 1. The minimum absolute atomic E-state index is 0.0904. The summed E-state index contributed by atoms with van der Waals surface area (Å²) >= 11 is 5.36. The van der Waals surface area contributed by atoms with Crippen LogP contribution in [0.15, 0.2) is 18.2 Å². The van der Waals surface area contributed by atoms with Crippen LogP contribution in [-0.2, 0) is 16.0 Å². The van der Waals surface area contributed by atoms with Crippen LogP contribution in [0.3, 0.4) is 0 Å². The molecule has 0 fully saturated rings. The maximum absolute atomic E-state index is 11.7. The molecule has 0 saturated carbocycles. The number of amides is 1. The van der Waals surface area contributed by atoms with Crippen LogP contribution in [-0.4, -0.2) is 44.9 Å². The third-order valence-electron chi connectivity index (χ3n) is 3.76. The number of carbonyl (C=O) groups is 2. The first-order valence-electron chi connectivity index (χ1n) is 9.01. The molecular weight excluding hydrogens is 368 g/mol. The van der Waals surface area contributed by atoms with E-state index in [-0.39, 0.29) is 11.3 Å². The first-order chi connectivity index (χ1) is 12.7. The highest BCUT2D eigenvalue weighted by molar-refractivity contribution is 6.19. The van der Waals surface area contributed by atoms with E-state index in [2.05, 4.69) is 5.32 Å². The van der Waals surface area contributed by atoms with Gasteiger partial charge in [0.25, 0.3) is 0 Å². The van der Waals surface area contributed by atoms with Gasteiger partial charge in [-0.2, -0.15) is 0 Å². The minimum Gasteiger partial charge on any atom is -0.493 e. The van der Waals surface area contributed by atoms with E-state index >= 15 is 0 Å². The first-order valence-corrected chi connectivity index (χ1v) is 9.54. The number of nitrogens with two attached hydrogens (primary N) is 1. The lowest BCUT2D eigenvalue weighted by molar-refractivity contribution is -0.122. The van der Waals surface area contributed by atoms with E-state index in [1.54, 1.807) is 28.1 Å². The number of halogens is 1. The highest BCUT2D eigenvalue weighted by Gasteiger charge is 2.13. The normalized spacial score (nSPS) is 11.7. The molecule has 1 rings (SSSR count). The van der Waals surface area contributed by atoms with Crippen LogP contribution in [0.4, 0.5) is 0 Å². The molecule has 1 aromatic rings. The summed E-state index contributed by atoms with van der Waals surface area (Å²) < 4.78 is 10.4. The van der Waals surface area contributed by atoms with Gasteiger partial charge in [0.05, 0.1) is 20.3 Å². The van der Waals surface area contributed by atoms with Gasteiger partial charge in [-0.1, -0.05) is 33.3 Å². The highest BCUT2D eigenvalue weighted by Crippen LogP contribution is 2.27. The van der Waals surface area contributed by atoms with Crippen LogP contribution in [0.2, 0.25) is 0 Å². The summed E-state index contributed by atoms with van der Waals surface area (Å²) in [6.07, 6.45) is 3.21. The van der Waals surface area contributed by atoms with Crippen LogP contribution >= 0.6 is 11.6 Å². The third-order valence-corrected chi connectivity index (χ3v) is 4.45. The SMILES string of the molecule is CC(C)(C=O)CCl.CCCC(N)C(=O)NCCc1ccc(OC)c(OC)c1. The summed E-state index contributed by atoms with van der Waals surface area (Å²) in [5, 5.41) is 2.85.